The SMILES string of the molecule is CC(C)(CC(=O)O)Cc1nnc(-c2ccc(F)c(Cl)c2)o1. The Bertz CT molecular complexity index is 670. The van der Waals surface area contributed by atoms with Gasteiger partial charge in [-0.15, -0.1) is 10.2 Å². The number of hydrogen-bond donors (Lipinski definition) is 1. The average molecular weight is 313 g/mol. The zero-order chi connectivity index (χ0) is 15.6. The Balaban J connectivity index is 2.18. The zero-order valence-electron chi connectivity index (χ0n) is 11.6. The summed E-state index contributed by atoms with van der Waals surface area (Å²) >= 11 is 5.70. The molecule has 112 valence electrons. The van der Waals surface area contributed by atoms with Gasteiger partial charge in [0.25, 0.3) is 0 Å². The molecule has 0 saturated carbocycles. The third-order valence-corrected chi connectivity index (χ3v) is 3.18. The molecule has 0 radical (unpaired) electrons. The summed E-state index contributed by atoms with van der Waals surface area (Å²) < 4.78 is 18.6. The maximum absolute atomic E-state index is 13.1. The lowest BCUT2D eigenvalue weighted by atomic mass is 9.86. The number of aromatic nitrogens is 2. The van der Waals surface area contributed by atoms with E-state index in [-0.39, 0.29) is 17.3 Å². The average Bonchev–Trinajstić information content (AvgIpc) is 2.78. The van der Waals surface area contributed by atoms with E-state index in [1.54, 1.807) is 13.8 Å². The Hall–Kier alpha value is -1.95. The molecule has 1 aromatic carbocycles. The second-order valence-electron chi connectivity index (χ2n) is 5.54. The molecule has 0 amide bonds. The molecule has 0 bridgehead atoms. The molecular formula is C14H14ClFN2O3. The van der Waals surface area contributed by atoms with Crippen molar-refractivity contribution in [1.29, 1.82) is 0 Å². The van der Waals surface area contributed by atoms with Crippen LogP contribution in [0, 0.1) is 11.2 Å². The van der Waals surface area contributed by atoms with Crippen LogP contribution in [0.1, 0.15) is 26.2 Å². The lowest BCUT2D eigenvalue weighted by Gasteiger charge is -2.19. The van der Waals surface area contributed by atoms with E-state index in [1.165, 1.54) is 18.2 Å². The van der Waals surface area contributed by atoms with Crippen molar-refractivity contribution >= 4 is 17.6 Å². The van der Waals surface area contributed by atoms with Crippen LogP contribution in [0.5, 0.6) is 0 Å². The number of carboxylic acids is 1. The number of halogens is 2. The van der Waals surface area contributed by atoms with Crippen molar-refractivity contribution < 1.29 is 18.7 Å². The second-order valence-corrected chi connectivity index (χ2v) is 5.95. The maximum Gasteiger partial charge on any atom is 0.303 e. The highest BCUT2D eigenvalue weighted by atomic mass is 35.5. The zero-order valence-corrected chi connectivity index (χ0v) is 12.3. The van der Waals surface area contributed by atoms with Gasteiger partial charge in [0.2, 0.25) is 11.8 Å². The Kier molecular flexibility index (Phi) is 4.27. The molecule has 0 aliphatic rings. The van der Waals surface area contributed by atoms with Gasteiger partial charge in [-0.05, 0) is 23.6 Å². The summed E-state index contributed by atoms with van der Waals surface area (Å²) in [5.74, 6) is -0.859. The first-order valence-corrected chi connectivity index (χ1v) is 6.64. The normalized spacial score (nSPS) is 11.6. The minimum absolute atomic E-state index is 0.00686. The van der Waals surface area contributed by atoms with Gasteiger partial charge in [0.15, 0.2) is 0 Å². The van der Waals surface area contributed by atoms with Crippen LogP contribution in [0.15, 0.2) is 22.6 Å². The van der Waals surface area contributed by atoms with Crippen LogP contribution >= 0.6 is 11.6 Å². The quantitative estimate of drug-likeness (QED) is 0.913. The van der Waals surface area contributed by atoms with Crippen molar-refractivity contribution in [3.8, 4) is 11.5 Å². The predicted molar refractivity (Wildman–Crippen MR) is 74.4 cm³/mol. The highest BCUT2D eigenvalue weighted by Crippen LogP contribution is 2.28. The molecule has 0 spiro atoms. The molecule has 0 aliphatic heterocycles. The molecule has 2 aromatic rings. The van der Waals surface area contributed by atoms with E-state index in [1.807, 2.05) is 0 Å². The first-order chi connectivity index (χ1) is 9.77. The lowest BCUT2D eigenvalue weighted by molar-refractivity contribution is -0.139. The van der Waals surface area contributed by atoms with E-state index in [2.05, 4.69) is 10.2 Å². The maximum atomic E-state index is 13.1. The van der Waals surface area contributed by atoms with E-state index in [9.17, 15) is 9.18 Å². The number of hydrogen-bond acceptors (Lipinski definition) is 4. The summed E-state index contributed by atoms with van der Waals surface area (Å²) in [7, 11) is 0. The van der Waals surface area contributed by atoms with Crippen LogP contribution in [0.2, 0.25) is 5.02 Å². The number of rotatable bonds is 5. The molecule has 0 atom stereocenters. The summed E-state index contributed by atoms with van der Waals surface area (Å²) in [4.78, 5) is 10.8. The van der Waals surface area contributed by atoms with Gasteiger partial charge in [0.1, 0.15) is 5.82 Å². The molecule has 7 heteroatoms. The van der Waals surface area contributed by atoms with E-state index >= 15 is 0 Å². The molecule has 1 heterocycles. The third kappa shape index (κ3) is 4.01. The Morgan fingerprint density at radius 2 is 2.14 bits per heavy atom. The number of carbonyl (C=O) groups is 1. The number of aliphatic carboxylic acids is 1. The van der Waals surface area contributed by atoms with Gasteiger partial charge < -0.3 is 9.52 Å². The van der Waals surface area contributed by atoms with Gasteiger partial charge in [-0.1, -0.05) is 25.4 Å². The van der Waals surface area contributed by atoms with Crippen molar-refractivity contribution in [3.63, 3.8) is 0 Å². The van der Waals surface area contributed by atoms with E-state index in [0.29, 0.717) is 17.9 Å². The summed E-state index contributed by atoms with van der Waals surface area (Å²) in [5, 5.41) is 16.6. The molecule has 0 fully saturated rings. The topological polar surface area (TPSA) is 76.2 Å². The van der Waals surface area contributed by atoms with Crippen LogP contribution in [-0.4, -0.2) is 21.3 Å². The van der Waals surface area contributed by atoms with Crippen LogP contribution < -0.4 is 0 Å². The molecule has 0 aliphatic carbocycles. The minimum Gasteiger partial charge on any atom is -0.481 e. The van der Waals surface area contributed by atoms with Gasteiger partial charge in [-0.25, -0.2) is 4.39 Å². The first kappa shape index (κ1) is 15.4. The fourth-order valence-electron chi connectivity index (χ4n) is 1.95. The molecule has 2 rings (SSSR count). The van der Waals surface area contributed by atoms with Crippen molar-refractivity contribution in [2.24, 2.45) is 5.41 Å². The summed E-state index contributed by atoms with van der Waals surface area (Å²) in [6.45, 7) is 3.61. The highest BCUT2D eigenvalue weighted by molar-refractivity contribution is 6.31. The molecule has 21 heavy (non-hydrogen) atoms. The minimum atomic E-state index is -0.884. The summed E-state index contributed by atoms with van der Waals surface area (Å²) in [5.41, 5.74) is 0.00647. The summed E-state index contributed by atoms with van der Waals surface area (Å²) in [6, 6.07) is 4.10. The fourth-order valence-corrected chi connectivity index (χ4v) is 2.13. The lowest BCUT2D eigenvalue weighted by Crippen LogP contribution is -2.19. The molecule has 1 aromatic heterocycles. The fraction of sp³-hybridized carbons (Fsp3) is 0.357. The van der Waals surface area contributed by atoms with Crippen molar-refractivity contribution in [2.45, 2.75) is 26.7 Å². The Morgan fingerprint density at radius 3 is 2.76 bits per heavy atom. The molecular weight excluding hydrogens is 299 g/mol. The van der Waals surface area contributed by atoms with Crippen LogP contribution in [0.25, 0.3) is 11.5 Å². The van der Waals surface area contributed by atoms with Crippen LogP contribution in [-0.2, 0) is 11.2 Å². The van der Waals surface area contributed by atoms with Gasteiger partial charge in [0.05, 0.1) is 11.4 Å². The van der Waals surface area contributed by atoms with E-state index in [4.69, 9.17) is 21.1 Å². The monoisotopic (exact) mass is 312 g/mol. The van der Waals surface area contributed by atoms with Crippen molar-refractivity contribution in [1.82, 2.24) is 10.2 Å². The Morgan fingerprint density at radius 1 is 1.43 bits per heavy atom. The Labute approximate surface area is 125 Å². The predicted octanol–water partition coefficient (Wildman–Crippen LogP) is 3.57. The number of benzene rings is 1. The van der Waals surface area contributed by atoms with Crippen LogP contribution in [0.4, 0.5) is 4.39 Å². The molecule has 0 saturated heterocycles. The largest absolute Gasteiger partial charge is 0.481 e. The number of nitrogens with zero attached hydrogens (tertiary/aromatic N) is 2. The third-order valence-electron chi connectivity index (χ3n) is 2.89. The smallest absolute Gasteiger partial charge is 0.303 e. The van der Waals surface area contributed by atoms with Gasteiger partial charge in [-0.2, -0.15) is 0 Å². The highest BCUT2D eigenvalue weighted by Gasteiger charge is 2.25. The second kappa shape index (κ2) is 5.81. The van der Waals surface area contributed by atoms with Crippen molar-refractivity contribution in [2.75, 3.05) is 0 Å². The standard InChI is InChI=1S/C14H14ClFN2O3/c1-14(2,7-12(19)20)6-11-17-18-13(21-11)8-3-4-10(16)9(15)5-8/h3-5H,6-7H2,1-2H3,(H,19,20). The van der Waals surface area contributed by atoms with Crippen molar-refractivity contribution in [3.05, 3.63) is 34.9 Å². The number of carboxylic acid groups (broad SMARTS) is 1. The molecule has 0 unspecified atom stereocenters. The molecule has 5 nitrogen and oxygen atoms in total. The van der Waals surface area contributed by atoms with E-state index < -0.39 is 17.2 Å². The first-order valence-electron chi connectivity index (χ1n) is 6.26. The van der Waals surface area contributed by atoms with Gasteiger partial charge >= 0.3 is 5.97 Å². The van der Waals surface area contributed by atoms with Crippen LogP contribution in [0.3, 0.4) is 0 Å². The van der Waals surface area contributed by atoms with Gasteiger partial charge in [-0.3, -0.25) is 4.79 Å². The van der Waals surface area contributed by atoms with Gasteiger partial charge in [0, 0.05) is 12.0 Å². The summed E-state index contributed by atoms with van der Waals surface area (Å²) in [6.07, 6.45) is 0.328. The molecule has 1 N–H and O–H groups in total. The van der Waals surface area contributed by atoms with E-state index in [0.717, 1.165) is 0 Å².